The summed E-state index contributed by atoms with van der Waals surface area (Å²) < 4.78 is 0. The van der Waals surface area contributed by atoms with E-state index < -0.39 is 12.0 Å². The number of carbonyl (C=O) groups excluding carboxylic acids is 1. The fourth-order valence-corrected chi connectivity index (χ4v) is 1.53. The SMILES string of the molecule is N[C@H]1C(=O)N2C(C(=O)O)=CC=C[C@H]12. The molecule has 0 bridgehead atoms. The number of allylic oxidation sites excluding steroid dienone is 2. The van der Waals surface area contributed by atoms with E-state index in [0.717, 1.165) is 0 Å². The van der Waals surface area contributed by atoms with Crippen molar-refractivity contribution in [2.24, 2.45) is 5.73 Å². The van der Waals surface area contributed by atoms with Gasteiger partial charge in [0.15, 0.2) is 0 Å². The maximum absolute atomic E-state index is 11.2. The monoisotopic (exact) mass is 180 g/mol. The minimum Gasteiger partial charge on any atom is -0.477 e. The molecule has 13 heavy (non-hydrogen) atoms. The summed E-state index contributed by atoms with van der Waals surface area (Å²) in [6.45, 7) is 0. The van der Waals surface area contributed by atoms with E-state index in [1.165, 1.54) is 11.0 Å². The van der Waals surface area contributed by atoms with Gasteiger partial charge in [-0.1, -0.05) is 12.2 Å². The van der Waals surface area contributed by atoms with Crippen molar-refractivity contribution in [1.29, 1.82) is 0 Å². The Hall–Kier alpha value is -1.62. The van der Waals surface area contributed by atoms with Gasteiger partial charge in [0.25, 0.3) is 0 Å². The van der Waals surface area contributed by atoms with E-state index >= 15 is 0 Å². The summed E-state index contributed by atoms with van der Waals surface area (Å²) in [5.41, 5.74) is 5.48. The highest BCUT2D eigenvalue weighted by Crippen LogP contribution is 2.27. The molecular weight excluding hydrogens is 172 g/mol. The van der Waals surface area contributed by atoms with Crippen LogP contribution >= 0.6 is 0 Å². The number of carboxylic acids is 1. The van der Waals surface area contributed by atoms with Crippen LogP contribution in [0.5, 0.6) is 0 Å². The van der Waals surface area contributed by atoms with Gasteiger partial charge >= 0.3 is 5.97 Å². The number of aliphatic carboxylic acids is 1. The summed E-state index contributed by atoms with van der Waals surface area (Å²) in [6.07, 6.45) is 4.72. The lowest BCUT2D eigenvalue weighted by molar-refractivity contribution is -0.149. The fraction of sp³-hybridized carbons (Fsp3) is 0.250. The maximum Gasteiger partial charge on any atom is 0.352 e. The smallest absolute Gasteiger partial charge is 0.352 e. The molecule has 0 radical (unpaired) electrons. The summed E-state index contributed by atoms with van der Waals surface area (Å²) >= 11 is 0. The normalized spacial score (nSPS) is 30.7. The zero-order valence-corrected chi connectivity index (χ0v) is 6.68. The Morgan fingerprint density at radius 2 is 2.31 bits per heavy atom. The lowest BCUT2D eigenvalue weighted by Gasteiger charge is -2.44. The van der Waals surface area contributed by atoms with Crippen molar-refractivity contribution in [3.63, 3.8) is 0 Å². The van der Waals surface area contributed by atoms with Gasteiger partial charge in [-0.2, -0.15) is 0 Å². The molecule has 0 unspecified atom stereocenters. The number of carboxylic acid groups (broad SMARTS) is 1. The van der Waals surface area contributed by atoms with Crippen LogP contribution in [0.3, 0.4) is 0 Å². The van der Waals surface area contributed by atoms with Crippen molar-refractivity contribution in [2.45, 2.75) is 12.1 Å². The molecule has 2 aliphatic rings. The van der Waals surface area contributed by atoms with E-state index in [4.69, 9.17) is 10.8 Å². The molecule has 3 N–H and O–H groups in total. The standard InChI is InChI=1S/C8H8N2O3/c9-6-4-2-1-3-5(8(12)13)10(4)7(6)11/h1-4,6H,9H2,(H,12,13)/t4-,6-/m1/s1. The third kappa shape index (κ3) is 0.905. The second kappa shape index (κ2) is 2.43. The molecule has 2 rings (SSSR count). The summed E-state index contributed by atoms with van der Waals surface area (Å²) in [5.74, 6) is -1.43. The zero-order chi connectivity index (χ0) is 9.59. The largest absolute Gasteiger partial charge is 0.477 e. The molecule has 1 fully saturated rings. The number of rotatable bonds is 1. The van der Waals surface area contributed by atoms with Crippen molar-refractivity contribution in [2.75, 3.05) is 0 Å². The van der Waals surface area contributed by atoms with E-state index in [9.17, 15) is 9.59 Å². The summed E-state index contributed by atoms with van der Waals surface area (Å²) in [5, 5.41) is 8.73. The third-order valence-electron chi connectivity index (χ3n) is 2.23. The molecule has 1 saturated heterocycles. The van der Waals surface area contributed by atoms with Gasteiger partial charge in [-0.25, -0.2) is 4.79 Å². The molecule has 0 aromatic heterocycles. The van der Waals surface area contributed by atoms with E-state index in [-0.39, 0.29) is 17.6 Å². The van der Waals surface area contributed by atoms with E-state index in [0.29, 0.717) is 0 Å². The number of hydrogen-bond donors (Lipinski definition) is 2. The van der Waals surface area contributed by atoms with E-state index in [2.05, 4.69) is 0 Å². The van der Waals surface area contributed by atoms with E-state index in [1.54, 1.807) is 12.2 Å². The summed E-state index contributed by atoms with van der Waals surface area (Å²) in [6, 6.07) is -0.858. The summed E-state index contributed by atoms with van der Waals surface area (Å²) in [7, 11) is 0. The van der Waals surface area contributed by atoms with Gasteiger partial charge < -0.3 is 10.8 Å². The van der Waals surface area contributed by atoms with Gasteiger partial charge in [0.05, 0.1) is 6.04 Å². The predicted octanol–water partition coefficient (Wildman–Crippen LogP) is -0.937. The third-order valence-corrected chi connectivity index (χ3v) is 2.23. The van der Waals surface area contributed by atoms with Gasteiger partial charge in [-0.15, -0.1) is 0 Å². The Bertz CT molecular complexity index is 345. The Balaban J connectivity index is 2.32. The fourth-order valence-electron chi connectivity index (χ4n) is 1.53. The molecule has 2 heterocycles. The van der Waals surface area contributed by atoms with Gasteiger partial charge in [0.1, 0.15) is 11.7 Å². The van der Waals surface area contributed by atoms with Crippen LogP contribution in [-0.4, -0.2) is 34.0 Å². The average Bonchev–Trinajstić information content (AvgIpc) is 2.15. The maximum atomic E-state index is 11.2. The molecule has 0 aliphatic carbocycles. The van der Waals surface area contributed by atoms with Crippen LogP contribution in [0.4, 0.5) is 0 Å². The van der Waals surface area contributed by atoms with Gasteiger partial charge in [0.2, 0.25) is 5.91 Å². The number of β-lactam (4-membered cyclic amide) rings is 1. The Morgan fingerprint density at radius 1 is 1.62 bits per heavy atom. The van der Waals surface area contributed by atoms with Crippen molar-refractivity contribution >= 4 is 11.9 Å². The minimum absolute atomic E-state index is 0.000741. The highest BCUT2D eigenvalue weighted by Gasteiger charge is 2.47. The van der Waals surface area contributed by atoms with Crippen LogP contribution < -0.4 is 5.73 Å². The number of amides is 1. The molecule has 5 nitrogen and oxygen atoms in total. The minimum atomic E-state index is -1.10. The zero-order valence-electron chi connectivity index (χ0n) is 6.68. The molecule has 2 atom stereocenters. The van der Waals surface area contributed by atoms with Crippen LogP contribution in [0.15, 0.2) is 23.9 Å². The lowest BCUT2D eigenvalue weighted by Crippen LogP contribution is -2.68. The highest BCUT2D eigenvalue weighted by molar-refractivity contribution is 6.00. The average molecular weight is 180 g/mol. The first-order valence-electron chi connectivity index (χ1n) is 3.83. The molecule has 5 heteroatoms. The topological polar surface area (TPSA) is 83.6 Å². The Kier molecular flexibility index (Phi) is 1.50. The summed E-state index contributed by atoms with van der Waals surface area (Å²) in [4.78, 5) is 23.0. The second-order valence-corrected chi connectivity index (χ2v) is 2.97. The number of nitrogens with zero attached hydrogens (tertiary/aromatic N) is 1. The number of carbonyl (C=O) groups is 2. The van der Waals surface area contributed by atoms with Gasteiger partial charge in [-0.05, 0) is 6.08 Å². The molecule has 0 spiro atoms. The first kappa shape index (κ1) is 8.00. The van der Waals surface area contributed by atoms with Gasteiger partial charge in [0, 0.05) is 0 Å². The van der Waals surface area contributed by atoms with Crippen LogP contribution in [0, 0.1) is 0 Å². The predicted molar refractivity (Wildman–Crippen MR) is 43.5 cm³/mol. The highest BCUT2D eigenvalue weighted by atomic mass is 16.4. The molecule has 68 valence electrons. The van der Waals surface area contributed by atoms with Crippen molar-refractivity contribution in [3.05, 3.63) is 23.9 Å². The van der Waals surface area contributed by atoms with Crippen LogP contribution in [-0.2, 0) is 9.59 Å². The molecular formula is C8H8N2O3. The Morgan fingerprint density at radius 3 is 2.92 bits per heavy atom. The molecule has 2 aliphatic heterocycles. The number of fused-ring (bicyclic) bond motifs is 1. The van der Waals surface area contributed by atoms with Crippen LogP contribution in [0.1, 0.15) is 0 Å². The van der Waals surface area contributed by atoms with Crippen molar-refractivity contribution in [3.8, 4) is 0 Å². The van der Waals surface area contributed by atoms with E-state index in [1.807, 2.05) is 0 Å². The molecule has 0 saturated carbocycles. The first-order valence-corrected chi connectivity index (χ1v) is 3.83. The Labute approximate surface area is 74.1 Å². The van der Waals surface area contributed by atoms with Crippen molar-refractivity contribution in [1.82, 2.24) is 4.90 Å². The number of nitrogens with two attached hydrogens (primary N) is 1. The van der Waals surface area contributed by atoms with Crippen LogP contribution in [0.25, 0.3) is 0 Å². The van der Waals surface area contributed by atoms with Gasteiger partial charge in [-0.3, -0.25) is 9.69 Å². The first-order chi connectivity index (χ1) is 6.13. The number of hydrogen-bond acceptors (Lipinski definition) is 3. The molecule has 1 amide bonds. The second-order valence-electron chi connectivity index (χ2n) is 2.97. The quantitative estimate of drug-likeness (QED) is 0.510. The van der Waals surface area contributed by atoms with Crippen LogP contribution in [0.2, 0.25) is 0 Å². The molecule has 0 aromatic carbocycles. The molecule has 0 aromatic rings. The van der Waals surface area contributed by atoms with Crippen molar-refractivity contribution < 1.29 is 14.7 Å². The lowest BCUT2D eigenvalue weighted by atomic mass is 9.92.